The van der Waals surface area contributed by atoms with Crippen LogP contribution in [-0.4, -0.2) is 23.0 Å². The molecule has 0 aromatic heterocycles. The maximum absolute atomic E-state index is 12.2. The van der Waals surface area contributed by atoms with E-state index in [9.17, 15) is 9.59 Å². The number of nitrogens with one attached hydrogen (secondary N) is 1. The first-order valence-electron chi connectivity index (χ1n) is 6.54. The Morgan fingerprint density at radius 2 is 1.94 bits per heavy atom. The fraction of sp³-hybridized carbons (Fsp3) is 0.846. The van der Waals surface area contributed by atoms with Crippen LogP contribution >= 0.6 is 0 Å². The third-order valence-corrected chi connectivity index (χ3v) is 4.16. The Balaban J connectivity index is 1.92. The summed E-state index contributed by atoms with van der Waals surface area (Å²) in [6, 6.07) is -0.155. The van der Waals surface area contributed by atoms with Gasteiger partial charge >= 0.3 is 5.97 Å². The van der Waals surface area contributed by atoms with E-state index >= 15 is 0 Å². The number of carbonyl (C=O) groups excluding carboxylic acids is 1. The Hall–Kier alpha value is -1.06. The van der Waals surface area contributed by atoms with E-state index in [1.54, 1.807) is 0 Å². The molecule has 0 aromatic carbocycles. The van der Waals surface area contributed by atoms with Gasteiger partial charge in [0.05, 0.1) is 6.42 Å². The molecule has 2 aliphatic carbocycles. The first kappa shape index (κ1) is 12.4. The SMILES string of the molecule is CC1(C(=O)NC(CC(=O)O)C2CC2)CCCC1. The molecule has 0 radical (unpaired) electrons. The van der Waals surface area contributed by atoms with Gasteiger partial charge in [0.2, 0.25) is 5.91 Å². The van der Waals surface area contributed by atoms with Crippen LogP contribution in [0, 0.1) is 11.3 Å². The molecule has 2 rings (SSSR count). The van der Waals surface area contributed by atoms with E-state index in [0.29, 0.717) is 5.92 Å². The van der Waals surface area contributed by atoms with Gasteiger partial charge in [-0.1, -0.05) is 19.8 Å². The molecular formula is C13H21NO3. The molecule has 0 saturated heterocycles. The van der Waals surface area contributed by atoms with Gasteiger partial charge < -0.3 is 10.4 Å². The summed E-state index contributed by atoms with van der Waals surface area (Å²) < 4.78 is 0. The highest BCUT2D eigenvalue weighted by atomic mass is 16.4. The minimum Gasteiger partial charge on any atom is -0.481 e. The lowest BCUT2D eigenvalue weighted by atomic mass is 9.87. The fourth-order valence-electron chi connectivity index (χ4n) is 2.75. The van der Waals surface area contributed by atoms with Crippen molar-refractivity contribution in [3.8, 4) is 0 Å². The Labute approximate surface area is 102 Å². The van der Waals surface area contributed by atoms with Gasteiger partial charge in [0, 0.05) is 11.5 Å². The molecule has 0 heterocycles. The topological polar surface area (TPSA) is 66.4 Å². The van der Waals surface area contributed by atoms with Crippen LogP contribution in [0.1, 0.15) is 51.9 Å². The molecule has 4 nitrogen and oxygen atoms in total. The summed E-state index contributed by atoms with van der Waals surface area (Å²) in [6.07, 6.45) is 6.25. The summed E-state index contributed by atoms with van der Waals surface area (Å²) in [4.78, 5) is 23.0. The van der Waals surface area contributed by atoms with Crippen molar-refractivity contribution in [2.75, 3.05) is 0 Å². The van der Waals surface area contributed by atoms with Crippen LogP contribution in [0.3, 0.4) is 0 Å². The second-order valence-corrected chi connectivity index (χ2v) is 5.78. The highest BCUT2D eigenvalue weighted by molar-refractivity contribution is 5.83. The highest BCUT2D eigenvalue weighted by Crippen LogP contribution is 2.39. The molecule has 2 saturated carbocycles. The maximum atomic E-state index is 12.2. The first-order chi connectivity index (χ1) is 8.01. The molecule has 4 heteroatoms. The molecule has 0 spiro atoms. The number of aliphatic carboxylic acids is 1. The van der Waals surface area contributed by atoms with Crippen molar-refractivity contribution in [3.05, 3.63) is 0 Å². The quantitative estimate of drug-likeness (QED) is 0.770. The Morgan fingerprint density at radius 1 is 1.35 bits per heavy atom. The summed E-state index contributed by atoms with van der Waals surface area (Å²) in [5, 5.41) is 11.8. The van der Waals surface area contributed by atoms with Gasteiger partial charge in [-0.2, -0.15) is 0 Å². The lowest BCUT2D eigenvalue weighted by molar-refractivity contribution is -0.138. The molecule has 96 valence electrons. The third kappa shape index (κ3) is 2.99. The van der Waals surface area contributed by atoms with Crippen molar-refractivity contribution in [3.63, 3.8) is 0 Å². The number of carbonyl (C=O) groups is 2. The second-order valence-electron chi connectivity index (χ2n) is 5.78. The van der Waals surface area contributed by atoms with E-state index in [4.69, 9.17) is 5.11 Å². The van der Waals surface area contributed by atoms with Gasteiger partial charge in [-0.15, -0.1) is 0 Å². The molecular weight excluding hydrogens is 218 g/mol. The second kappa shape index (κ2) is 4.67. The Kier molecular flexibility index (Phi) is 3.40. The predicted molar refractivity (Wildman–Crippen MR) is 63.5 cm³/mol. The lowest BCUT2D eigenvalue weighted by Crippen LogP contribution is -2.45. The molecule has 1 unspecified atom stereocenters. The monoisotopic (exact) mass is 239 g/mol. The van der Waals surface area contributed by atoms with Crippen molar-refractivity contribution in [1.82, 2.24) is 5.32 Å². The summed E-state index contributed by atoms with van der Waals surface area (Å²) in [6.45, 7) is 2.00. The zero-order valence-electron chi connectivity index (χ0n) is 10.4. The number of carboxylic acid groups (broad SMARTS) is 1. The van der Waals surface area contributed by atoms with Crippen LogP contribution in [0.4, 0.5) is 0 Å². The van der Waals surface area contributed by atoms with Crippen molar-refractivity contribution < 1.29 is 14.7 Å². The smallest absolute Gasteiger partial charge is 0.305 e. The number of hydrogen-bond donors (Lipinski definition) is 2. The van der Waals surface area contributed by atoms with Gasteiger partial charge in [0.25, 0.3) is 0 Å². The van der Waals surface area contributed by atoms with Crippen molar-refractivity contribution in [2.45, 2.75) is 57.9 Å². The van der Waals surface area contributed by atoms with E-state index in [0.717, 1.165) is 38.5 Å². The minimum atomic E-state index is -0.821. The van der Waals surface area contributed by atoms with E-state index in [1.165, 1.54) is 0 Å². The van der Waals surface area contributed by atoms with Gasteiger partial charge in [-0.25, -0.2) is 0 Å². The average molecular weight is 239 g/mol. The predicted octanol–water partition coefficient (Wildman–Crippen LogP) is 1.94. The van der Waals surface area contributed by atoms with Gasteiger partial charge in [0.15, 0.2) is 0 Å². The number of amides is 1. The molecule has 0 aliphatic heterocycles. The summed E-state index contributed by atoms with van der Waals surface area (Å²) in [5.41, 5.74) is -0.258. The Morgan fingerprint density at radius 3 is 2.41 bits per heavy atom. The first-order valence-corrected chi connectivity index (χ1v) is 6.54. The zero-order valence-corrected chi connectivity index (χ0v) is 10.4. The molecule has 1 atom stereocenters. The zero-order chi connectivity index (χ0) is 12.5. The summed E-state index contributed by atoms with van der Waals surface area (Å²) in [5.74, 6) is -0.369. The largest absolute Gasteiger partial charge is 0.481 e. The molecule has 0 bridgehead atoms. The number of hydrogen-bond acceptors (Lipinski definition) is 2. The van der Waals surface area contributed by atoms with E-state index in [-0.39, 0.29) is 23.8 Å². The van der Waals surface area contributed by atoms with Crippen LogP contribution < -0.4 is 5.32 Å². The van der Waals surface area contributed by atoms with Crippen LogP contribution in [-0.2, 0) is 9.59 Å². The number of rotatable bonds is 5. The van der Waals surface area contributed by atoms with Gasteiger partial charge in [0.1, 0.15) is 0 Å². The van der Waals surface area contributed by atoms with E-state index in [1.807, 2.05) is 6.92 Å². The molecule has 1 amide bonds. The van der Waals surface area contributed by atoms with Gasteiger partial charge in [-0.05, 0) is 31.6 Å². The Bertz CT molecular complexity index is 317. The third-order valence-electron chi connectivity index (χ3n) is 4.16. The molecule has 2 fully saturated rings. The minimum absolute atomic E-state index is 0.0620. The van der Waals surface area contributed by atoms with Crippen molar-refractivity contribution in [2.24, 2.45) is 11.3 Å². The van der Waals surface area contributed by atoms with Crippen molar-refractivity contribution in [1.29, 1.82) is 0 Å². The molecule has 0 aromatic rings. The maximum Gasteiger partial charge on any atom is 0.305 e. The lowest BCUT2D eigenvalue weighted by Gasteiger charge is -2.26. The van der Waals surface area contributed by atoms with Crippen LogP contribution in [0.5, 0.6) is 0 Å². The normalized spacial score (nSPS) is 24.3. The molecule has 17 heavy (non-hydrogen) atoms. The van der Waals surface area contributed by atoms with E-state index in [2.05, 4.69) is 5.32 Å². The fourth-order valence-corrected chi connectivity index (χ4v) is 2.75. The summed E-state index contributed by atoms with van der Waals surface area (Å²) >= 11 is 0. The van der Waals surface area contributed by atoms with Crippen LogP contribution in [0.25, 0.3) is 0 Å². The molecule has 2 aliphatic rings. The van der Waals surface area contributed by atoms with Crippen LogP contribution in [0.2, 0.25) is 0 Å². The summed E-state index contributed by atoms with van der Waals surface area (Å²) in [7, 11) is 0. The van der Waals surface area contributed by atoms with Crippen LogP contribution in [0.15, 0.2) is 0 Å². The van der Waals surface area contributed by atoms with Gasteiger partial charge in [-0.3, -0.25) is 9.59 Å². The standard InChI is InChI=1S/C13H21NO3/c1-13(6-2-3-7-13)12(17)14-10(8-11(15)16)9-4-5-9/h9-10H,2-8H2,1H3,(H,14,17)(H,15,16). The number of carboxylic acids is 1. The van der Waals surface area contributed by atoms with E-state index < -0.39 is 5.97 Å². The highest BCUT2D eigenvalue weighted by Gasteiger charge is 2.40. The molecule has 2 N–H and O–H groups in total. The average Bonchev–Trinajstić information content (AvgIpc) is 3.00. The van der Waals surface area contributed by atoms with Crippen molar-refractivity contribution >= 4 is 11.9 Å².